The fourth-order valence-electron chi connectivity index (χ4n) is 3.05. The minimum absolute atomic E-state index is 0.0937. The Bertz CT molecular complexity index is 667. The van der Waals surface area contributed by atoms with Gasteiger partial charge in [-0.25, -0.2) is 4.98 Å². The van der Waals surface area contributed by atoms with Crippen LogP contribution in [0.4, 0.5) is 0 Å². The van der Waals surface area contributed by atoms with Crippen LogP contribution in [0.5, 0.6) is 0 Å². The second-order valence-corrected chi connectivity index (χ2v) is 5.85. The van der Waals surface area contributed by atoms with Gasteiger partial charge in [-0.05, 0) is 24.2 Å². The van der Waals surface area contributed by atoms with Crippen molar-refractivity contribution in [3.8, 4) is 0 Å². The zero-order valence-corrected chi connectivity index (χ0v) is 13.6. The van der Waals surface area contributed by atoms with Crippen LogP contribution in [0.3, 0.4) is 0 Å². The molecule has 0 spiro atoms. The molecule has 0 radical (unpaired) electrons. The van der Waals surface area contributed by atoms with E-state index in [9.17, 15) is 9.90 Å². The van der Waals surface area contributed by atoms with Gasteiger partial charge in [0.25, 0.3) is 5.91 Å². The van der Waals surface area contributed by atoms with Crippen LogP contribution in [-0.4, -0.2) is 67.5 Å². The number of hydrogen-bond acceptors (Lipinski definition) is 6. The van der Waals surface area contributed by atoms with Crippen LogP contribution in [0.25, 0.3) is 0 Å². The summed E-state index contributed by atoms with van der Waals surface area (Å²) >= 11 is 0. The highest BCUT2D eigenvalue weighted by atomic mass is 16.3. The summed E-state index contributed by atoms with van der Waals surface area (Å²) in [6.45, 7) is 4.36. The van der Waals surface area contributed by atoms with E-state index < -0.39 is 6.10 Å². The number of likely N-dealkylation sites (tertiary alicyclic amines) is 1. The lowest BCUT2D eigenvalue weighted by Gasteiger charge is -2.29. The largest absolute Gasteiger partial charge is 0.390 e. The first kappa shape index (κ1) is 16.5. The number of aromatic nitrogens is 3. The molecule has 2 aromatic rings. The highest BCUT2D eigenvalue weighted by Gasteiger charge is 2.37. The second kappa shape index (κ2) is 7.46. The van der Waals surface area contributed by atoms with E-state index in [0.717, 1.165) is 12.1 Å². The Morgan fingerprint density at radius 2 is 2.04 bits per heavy atom. The Kier molecular flexibility index (Phi) is 5.12. The van der Waals surface area contributed by atoms with Crippen LogP contribution >= 0.6 is 0 Å². The standard InChI is InChI=1S/C17H21N5O2/c1-2-21(10-13-3-5-18-6-4-13)15-11-22(12-16(15)23)17(24)14-9-19-7-8-20-14/h3-9,15-16,23H,2,10-12H2,1H3/t15-,16-/m1/s1. The van der Waals surface area contributed by atoms with Crippen molar-refractivity contribution in [1.82, 2.24) is 24.8 Å². The van der Waals surface area contributed by atoms with Gasteiger partial charge in [-0.3, -0.25) is 19.7 Å². The summed E-state index contributed by atoms with van der Waals surface area (Å²) in [6.07, 6.45) is 7.44. The van der Waals surface area contributed by atoms with Crippen molar-refractivity contribution in [2.24, 2.45) is 0 Å². The van der Waals surface area contributed by atoms with Gasteiger partial charge in [0.15, 0.2) is 0 Å². The Morgan fingerprint density at radius 3 is 2.71 bits per heavy atom. The molecule has 1 aliphatic rings. The summed E-state index contributed by atoms with van der Waals surface area (Å²) < 4.78 is 0. The Morgan fingerprint density at radius 1 is 1.25 bits per heavy atom. The summed E-state index contributed by atoms with van der Waals surface area (Å²) in [6, 6.07) is 3.84. The number of likely N-dealkylation sites (N-methyl/N-ethyl adjacent to an activating group) is 1. The second-order valence-electron chi connectivity index (χ2n) is 5.85. The fourth-order valence-corrected chi connectivity index (χ4v) is 3.05. The zero-order valence-electron chi connectivity index (χ0n) is 13.6. The van der Waals surface area contributed by atoms with Crippen LogP contribution in [0.1, 0.15) is 23.0 Å². The molecule has 3 heterocycles. The van der Waals surface area contributed by atoms with Crippen molar-refractivity contribution in [2.75, 3.05) is 19.6 Å². The molecule has 0 unspecified atom stereocenters. The molecule has 0 saturated carbocycles. The average Bonchev–Trinajstić information content (AvgIpc) is 3.02. The SMILES string of the molecule is CCN(Cc1ccncc1)[C@@H]1CN(C(=O)c2cnccn2)C[C@H]1O. The lowest BCUT2D eigenvalue weighted by Crippen LogP contribution is -2.43. The maximum Gasteiger partial charge on any atom is 0.274 e. The van der Waals surface area contributed by atoms with Gasteiger partial charge in [0.1, 0.15) is 5.69 Å². The lowest BCUT2D eigenvalue weighted by molar-refractivity contribution is 0.0752. The van der Waals surface area contributed by atoms with Gasteiger partial charge in [0.05, 0.1) is 18.3 Å². The molecular formula is C17H21N5O2. The van der Waals surface area contributed by atoms with Crippen LogP contribution in [0.15, 0.2) is 43.1 Å². The first-order valence-electron chi connectivity index (χ1n) is 8.05. The average molecular weight is 327 g/mol. The third kappa shape index (κ3) is 3.58. The molecule has 1 saturated heterocycles. The Balaban J connectivity index is 1.69. The normalized spacial score (nSPS) is 20.5. The summed E-state index contributed by atoms with van der Waals surface area (Å²) in [4.78, 5) is 28.3. The number of β-amino-alcohol motifs (C(OH)–C–C–N with tert-alkyl or cyclic N) is 1. The molecule has 24 heavy (non-hydrogen) atoms. The van der Waals surface area contributed by atoms with E-state index in [0.29, 0.717) is 25.3 Å². The van der Waals surface area contributed by atoms with E-state index in [-0.39, 0.29) is 11.9 Å². The molecule has 7 heteroatoms. The molecule has 0 bridgehead atoms. The number of nitrogens with zero attached hydrogens (tertiary/aromatic N) is 5. The Labute approximate surface area is 141 Å². The van der Waals surface area contributed by atoms with E-state index in [1.807, 2.05) is 12.1 Å². The number of rotatable bonds is 5. The van der Waals surface area contributed by atoms with Crippen LogP contribution < -0.4 is 0 Å². The van der Waals surface area contributed by atoms with E-state index in [4.69, 9.17) is 0 Å². The number of aliphatic hydroxyl groups is 1. The topological polar surface area (TPSA) is 82.5 Å². The van der Waals surface area contributed by atoms with E-state index in [1.165, 1.54) is 18.6 Å². The maximum absolute atomic E-state index is 12.5. The van der Waals surface area contributed by atoms with Gasteiger partial charge in [-0.15, -0.1) is 0 Å². The quantitative estimate of drug-likeness (QED) is 0.865. The van der Waals surface area contributed by atoms with E-state index >= 15 is 0 Å². The maximum atomic E-state index is 12.5. The highest BCUT2D eigenvalue weighted by Crippen LogP contribution is 2.20. The van der Waals surface area contributed by atoms with Gasteiger partial charge >= 0.3 is 0 Å². The summed E-state index contributed by atoms with van der Waals surface area (Å²) in [5.74, 6) is -0.190. The van der Waals surface area contributed by atoms with Gasteiger partial charge in [-0.1, -0.05) is 6.92 Å². The smallest absolute Gasteiger partial charge is 0.274 e. The van der Waals surface area contributed by atoms with E-state index in [2.05, 4.69) is 26.8 Å². The molecule has 0 aromatic carbocycles. The van der Waals surface area contributed by atoms with Crippen molar-refractivity contribution in [3.63, 3.8) is 0 Å². The van der Waals surface area contributed by atoms with Crippen molar-refractivity contribution in [1.29, 1.82) is 0 Å². The monoisotopic (exact) mass is 327 g/mol. The molecule has 3 rings (SSSR count). The Hall–Kier alpha value is -2.38. The lowest BCUT2D eigenvalue weighted by atomic mass is 10.1. The summed E-state index contributed by atoms with van der Waals surface area (Å²) in [7, 11) is 0. The molecule has 2 aromatic heterocycles. The summed E-state index contributed by atoms with van der Waals surface area (Å²) in [5.41, 5.74) is 1.44. The van der Waals surface area contributed by atoms with Gasteiger partial charge in [-0.2, -0.15) is 0 Å². The molecule has 7 nitrogen and oxygen atoms in total. The van der Waals surface area contributed by atoms with Crippen molar-refractivity contribution < 1.29 is 9.90 Å². The fraction of sp³-hybridized carbons (Fsp3) is 0.412. The van der Waals surface area contributed by atoms with Crippen LogP contribution in [0.2, 0.25) is 0 Å². The first-order chi connectivity index (χ1) is 11.7. The molecule has 1 fully saturated rings. The number of carbonyl (C=O) groups is 1. The molecule has 2 atom stereocenters. The zero-order chi connectivity index (χ0) is 16.9. The van der Waals surface area contributed by atoms with E-state index in [1.54, 1.807) is 17.3 Å². The number of carbonyl (C=O) groups excluding carboxylic acids is 1. The third-order valence-electron chi connectivity index (χ3n) is 4.34. The van der Waals surface area contributed by atoms with Crippen molar-refractivity contribution >= 4 is 5.91 Å². The number of aliphatic hydroxyl groups excluding tert-OH is 1. The molecule has 1 aliphatic heterocycles. The highest BCUT2D eigenvalue weighted by molar-refractivity contribution is 5.92. The first-order valence-corrected chi connectivity index (χ1v) is 8.05. The molecule has 1 amide bonds. The molecule has 0 aliphatic carbocycles. The predicted octanol–water partition coefficient (Wildman–Crippen LogP) is 0.579. The number of hydrogen-bond donors (Lipinski definition) is 1. The molecule has 1 N–H and O–H groups in total. The minimum Gasteiger partial charge on any atom is -0.390 e. The van der Waals surface area contributed by atoms with Gasteiger partial charge in [0.2, 0.25) is 0 Å². The van der Waals surface area contributed by atoms with Crippen molar-refractivity contribution in [3.05, 3.63) is 54.4 Å². The van der Waals surface area contributed by atoms with Crippen molar-refractivity contribution in [2.45, 2.75) is 25.6 Å². The van der Waals surface area contributed by atoms with Gasteiger partial charge < -0.3 is 10.0 Å². The predicted molar refractivity (Wildman–Crippen MR) is 88.1 cm³/mol. The third-order valence-corrected chi connectivity index (χ3v) is 4.34. The number of pyridine rings is 1. The molecular weight excluding hydrogens is 306 g/mol. The van der Waals surface area contributed by atoms with Crippen LogP contribution in [-0.2, 0) is 6.54 Å². The number of amides is 1. The summed E-state index contributed by atoms with van der Waals surface area (Å²) in [5, 5.41) is 10.5. The molecule has 126 valence electrons. The minimum atomic E-state index is -0.576. The van der Waals surface area contributed by atoms with Gasteiger partial charge in [0, 0.05) is 44.4 Å². The van der Waals surface area contributed by atoms with Crippen LogP contribution in [0, 0.1) is 0 Å².